The molecule has 1 aromatic carbocycles. The second kappa shape index (κ2) is 18.1. The number of rotatable bonds is 4. The molecule has 0 amide bonds. The van der Waals surface area contributed by atoms with Crippen molar-refractivity contribution >= 4 is 13.5 Å². The summed E-state index contributed by atoms with van der Waals surface area (Å²) in [6.45, 7) is 19.4. The summed E-state index contributed by atoms with van der Waals surface area (Å²) < 4.78 is 13.0. The minimum atomic E-state index is 0. The number of fused-ring (bicyclic) bond motifs is 2. The van der Waals surface area contributed by atoms with Gasteiger partial charge in [-0.15, -0.1) is 5.57 Å². The molecule has 0 unspecified atom stereocenters. The molecule has 0 spiro atoms. The molecule has 0 bridgehead atoms. The van der Waals surface area contributed by atoms with E-state index < -0.39 is 0 Å². The van der Waals surface area contributed by atoms with Gasteiger partial charge in [-0.05, 0) is 67.3 Å². The van der Waals surface area contributed by atoms with E-state index in [1.54, 1.807) is 0 Å². The number of hydrogen-bond donors (Lipinski definition) is 0. The first-order valence-corrected chi connectivity index (χ1v) is 14.5. The van der Waals surface area contributed by atoms with Gasteiger partial charge in [0.1, 0.15) is 0 Å². The molecule has 1 aliphatic heterocycles. The van der Waals surface area contributed by atoms with Crippen LogP contribution in [0.25, 0.3) is 5.57 Å². The smallest absolute Gasteiger partial charge is 0.593 e. The van der Waals surface area contributed by atoms with E-state index in [4.69, 9.17) is 9.39 Å². The Hall–Kier alpha value is -1.23. The summed E-state index contributed by atoms with van der Waals surface area (Å²) in [6.07, 6.45) is 23.1. The maximum atomic E-state index is 7.50. The van der Waals surface area contributed by atoms with Crippen LogP contribution in [0.2, 0.25) is 0 Å². The Balaban J connectivity index is 0.000000322. The Bertz CT molecular complexity index is 894. The summed E-state index contributed by atoms with van der Waals surface area (Å²) in [4.78, 5) is 0. The van der Waals surface area contributed by atoms with E-state index in [1.165, 1.54) is 22.3 Å². The van der Waals surface area contributed by atoms with Crippen LogP contribution in [0, 0.1) is 56.9 Å². The molecule has 2 nitrogen and oxygen atoms in total. The largest absolute Gasteiger partial charge is 2.00 e. The normalized spacial score (nSPS) is 20.9. The molecule has 4 aliphatic rings. The van der Waals surface area contributed by atoms with Crippen molar-refractivity contribution in [1.82, 2.24) is 0 Å². The summed E-state index contributed by atoms with van der Waals surface area (Å²) in [5, 5.41) is 0. The van der Waals surface area contributed by atoms with Gasteiger partial charge in [0.2, 0.25) is 0 Å². The molecule has 197 valence electrons. The molecule has 5 radical (unpaired) electrons. The molecular formula is C33H41O2PRu+. The van der Waals surface area contributed by atoms with Gasteiger partial charge in [-0.1, -0.05) is 116 Å². The summed E-state index contributed by atoms with van der Waals surface area (Å²) in [5.74, 6) is 1.03. The molecular weight excluding hydrogens is 560 g/mol. The van der Waals surface area contributed by atoms with Gasteiger partial charge in [-0.2, -0.15) is 11.1 Å². The van der Waals surface area contributed by atoms with Crippen molar-refractivity contribution in [2.45, 2.75) is 64.9 Å². The molecule has 1 fully saturated rings. The van der Waals surface area contributed by atoms with Gasteiger partial charge in [-0.25, -0.2) is 0 Å². The van der Waals surface area contributed by atoms with E-state index in [2.05, 4.69) is 109 Å². The maximum Gasteiger partial charge on any atom is 2.00 e. The first kappa shape index (κ1) is 33.8. The summed E-state index contributed by atoms with van der Waals surface area (Å²) in [7, 11) is 0.262. The van der Waals surface area contributed by atoms with E-state index >= 15 is 0 Å². The minimum Gasteiger partial charge on any atom is -0.593 e. The van der Waals surface area contributed by atoms with Crippen LogP contribution in [-0.4, -0.2) is 23.6 Å². The van der Waals surface area contributed by atoms with Gasteiger partial charge >= 0.3 is 30.8 Å². The van der Waals surface area contributed by atoms with Gasteiger partial charge in [0, 0.05) is 0 Å². The monoisotopic (exact) mass is 602 g/mol. The van der Waals surface area contributed by atoms with Gasteiger partial charge < -0.3 is 4.74 Å². The van der Waals surface area contributed by atoms with E-state index in [9.17, 15) is 0 Å². The SMILES string of the molecule is CC(C)P(C(C)C)C(C)C.[C-]#[O+].[C-]1=C2C(c3ccccc3)=C3C=CC=C[C@H]3C[C@@H]2CO1.[CH]1[CH][CH][CH][CH]1.[Ru+2]. The first-order chi connectivity index (χ1) is 17.4. The zero-order valence-corrected chi connectivity index (χ0v) is 25.6. The molecule has 0 saturated heterocycles. The molecule has 5 rings (SSSR count). The summed E-state index contributed by atoms with van der Waals surface area (Å²) in [6, 6.07) is 10.6. The Kier molecular flexibility index (Phi) is 16.6. The van der Waals surface area contributed by atoms with E-state index in [0.29, 0.717) is 11.8 Å². The van der Waals surface area contributed by atoms with Crippen molar-refractivity contribution in [2.75, 3.05) is 6.61 Å². The third-order valence-corrected chi connectivity index (χ3v) is 10.1. The summed E-state index contributed by atoms with van der Waals surface area (Å²) >= 11 is 0. The third kappa shape index (κ3) is 10.1. The molecule has 1 aromatic rings. The van der Waals surface area contributed by atoms with Crippen LogP contribution >= 0.6 is 7.92 Å². The molecule has 1 heterocycles. The molecule has 0 N–H and O–H groups in total. The van der Waals surface area contributed by atoms with Gasteiger partial charge in [0.15, 0.2) is 0 Å². The van der Waals surface area contributed by atoms with Crippen molar-refractivity contribution < 1.29 is 28.9 Å². The molecule has 37 heavy (non-hydrogen) atoms. The van der Waals surface area contributed by atoms with Crippen LogP contribution < -0.4 is 0 Å². The van der Waals surface area contributed by atoms with Crippen molar-refractivity contribution in [1.29, 1.82) is 0 Å². The van der Waals surface area contributed by atoms with Gasteiger partial charge in [-0.3, -0.25) is 0 Å². The molecule has 0 aromatic heterocycles. The zero-order chi connectivity index (χ0) is 26.5. The topological polar surface area (TPSA) is 29.1 Å². The number of hydrogen-bond acceptors (Lipinski definition) is 1. The Labute approximate surface area is 241 Å². The standard InChI is InChI=1S/C18H15O.C9H21P.C5H5.CO.Ru/c1-2-6-13(7-3-1)18-16-9-5-4-8-14(16)10-15-11-19-12-17(15)18;1-7(2)10(8(3)4)9(5)6;1-2-4-5-3-1;1-2;/h1-9,14-15H,10-11H2;7-9H,1-6H3;1-5H;;/q-1;;;;+2/t14-,15+;;;;/m0..../s1. The number of ether oxygens (including phenoxy) is 1. The van der Waals surface area contributed by atoms with Gasteiger partial charge in [0.05, 0.1) is 6.61 Å². The minimum absolute atomic E-state index is 0. The van der Waals surface area contributed by atoms with Gasteiger partial charge in [0.25, 0.3) is 0 Å². The second-order valence-electron chi connectivity index (χ2n) is 10.00. The predicted molar refractivity (Wildman–Crippen MR) is 154 cm³/mol. The fraction of sp³-hybridized carbons (Fsp3) is 0.394. The maximum absolute atomic E-state index is 7.50. The van der Waals surface area contributed by atoms with Crippen molar-refractivity contribution in [3.63, 3.8) is 0 Å². The van der Waals surface area contributed by atoms with E-state index in [0.717, 1.165) is 30.0 Å². The van der Waals surface area contributed by atoms with Crippen LogP contribution in [0.15, 0.2) is 65.8 Å². The van der Waals surface area contributed by atoms with E-state index in [-0.39, 0.29) is 27.4 Å². The molecule has 3 aliphatic carbocycles. The van der Waals surface area contributed by atoms with Crippen LogP contribution in [0.1, 0.15) is 53.5 Å². The number of allylic oxidation sites excluding steroid dienone is 6. The van der Waals surface area contributed by atoms with Crippen molar-refractivity contribution in [3.8, 4) is 0 Å². The zero-order valence-electron chi connectivity index (χ0n) is 23.0. The van der Waals surface area contributed by atoms with Crippen molar-refractivity contribution in [3.05, 3.63) is 116 Å². The Morgan fingerprint density at radius 1 is 0.865 bits per heavy atom. The average molecular weight is 602 g/mol. The fourth-order valence-corrected chi connectivity index (χ4v) is 8.96. The van der Waals surface area contributed by atoms with Crippen LogP contribution in [0.5, 0.6) is 0 Å². The quantitative estimate of drug-likeness (QED) is 0.147. The second-order valence-corrected chi connectivity index (χ2v) is 14.0. The van der Waals surface area contributed by atoms with Crippen LogP contribution in [0.4, 0.5) is 0 Å². The van der Waals surface area contributed by atoms with E-state index in [1.807, 2.05) is 32.1 Å². The third-order valence-electron chi connectivity index (χ3n) is 6.51. The molecule has 4 heteroatoms. The Morgan fingerprint density at radius 3 is 1.89 bits per heavy atom. The Morgan fingerprint density at radius 2 is 1.41 bits per heavy atom. The van der Waals surface area contributed by atoms with Crippen LogP contribution in [-0.2, 0) is 28.9 Å². The number of benzene rings is 1. The predicted octanol–water partition coefficient (Wildman–Crippen LogP) is 8.59. The van der Waals surface area contributed by atoms with Crippen molar-refractivity contribution in [2.24, 2.45) is 11.8 Å². The fourth-order valence-electron chi connectivity index (χ4n) is 5.39. The molecule has 2 atom stereocenters. The van der Waals surface area contributed by atoms with Crippen LogP contribution in [0.3, 0.4) is 0 Å². The first-order valence-electron chi connectivity index (χ1n) is 12.9. The average Bonchev–Trinajstić information content (AvgIpc) is 3.59. The summed E-state index contributed by atoms with van der Waals surface area (Å²) in [5.41, 5.74) is 7.98. The molecule has 1 saturated carbocycles.